The number of aromatic nitrogens is 2. The Labute approximate surface area is 197 Å². The van der Waals surface area contributed by atoms with Gasteiger partial charge in [0.2, 0.25) is 5.91 Å². The lowest BCUT2D eigenvalue weighted by Crippen LogP contribution is -2.52. The second-order valence-corrected chi connectivity index (χ2v) is 8.77. The summed E-state index contributed by atoms with van der Waals surface area (Å²) in [6, 6.07) is 14.0. The number of nitrogens with zero attached hydrogens (tertiary/aromatic N) is 4. The van der Waals surface area contributed by atoms with Crippen molar-refractivity contribution in [2.24, 2.45) is 5.92 Å². The van der Waals surface area contributed by atoms with Gasteiger partial charge in [0.25, 0.3) is 0 Å². The molecule has 8 nitrogen and oxygen atoms in total. The summed E-state index contributed by atoms with van der Waals surface area (Å²) < 4.78 is 4.70. The van der Waals surface area contributed by atoms with Gasteiger partial charge < -0.3 is 19.6 Å². The Bertz CT molecular complexity index is 1210. The van der Waals surface area contributed by atoms with E-state index in [-0.39, 0.29) is 24.6 Å². The van der Waals surface area contributed by atoms with Crippen LogP contribution in [0.1, 0.15) is 30.9 Å². The molecule has 5 rings (SSSR count). The van der Waals surface area contributed by atoms with E-state index in [1.807, 2.05) is 41.3 Å². The Morgan fingerprint density at radius 1 is 1.09 bits per heavy atom. The van der Waals surface area contributed by atoms with Crippen LogP contribution in [0.25, 0.3) is 11.1 Å². The highest BCUT2D eigenvalue weighted by Crippen LogP contribution is 2.45. The zero-order chi connectivity index (χ0) is 23.7. The average molecular weight is 459 g/mol. The van der Waals surface area contributed by atoms with Gasteiger partial charge >= 0.3 is 12.5 Å². The Morgan fingerprint density at radius 3 is 2.47 bits per heavy atom. The monoisotopic (exact) mass is 458 g/mol. The molecule has 8 heteroatoms. The number of aliphatic hydroxyl groups excluding tert-OH is 1. The van der Waals surface area contributed by atoms with Crippen LogP contribution >= 0.6 is 0 Å². The van der Waals surface area contributed by atoms with E-state index in [1.165, 1.54) is 0 Å². The molecule has 0 saturated heterocycles. The quantitative estimate of drug-likeness (QED) is 0.543. The van der Waals surface area contributed by atoms with Gasteiger partial charge in [-0.05, 0) is 47.6 Å². The first-order valence-electron chi connectivity index (χ1n) is 11.4. The maximum atomic E-state index is 12.7. The van der Waals surface area contributed by atoms with Crippen molar-refractivity contribution >= 4 is 23.8 Å². The van der Waals surface area contributed by atoms with E-state index in [2.05, 4.69) is 20.9 Å². The second kappa shape index (κ2) is 9.23. The Hall–Kier alpha value is -3.78. The maximum absolute atomic E-state index is 12.7. The van der Waals surface area contributed by atoms with Crippen molar-refractivity contribution < 1.29 is 19.4 Å². The zero-order valence-corrected chi connectivity index (χ0v) is 18.9. The minimum absolute atomic E-state index is 0.00558. The smallest absolute Gasteiger partial charge is 0.324 e. The number of fused-ring (bicyclic) bond motifs is 1. The molecule has 34 heavy (non-hydrogen) atoms. The van der Waals surface area contributed by atoms with Crippen LogP contribution in [0.5, 0.6) is 6.01 Å². The molecule has 0 unspecified atom stereocenters. The summed E-state index contributed by atoms with van der Waals surface area (Å²) in [5, 5.41) is 9.84. The van der Waals surface area contributed by atoms with Crippen molar-refractivity contribution in [3.63, 3.8) is 0 Å². The summed E-state index contributed by atoms with van der Waals surface area (Å²) >= 11 is 0. The zero-order valence-electron chi connectivity index (χ0n) is 18.9. The highest BCUT2D eigenvalue weighted by Gasteiger charge is 2.42. The lowest BCUT2D eigenvalue weighted by atomic mass is 9.98. The third-order valence-corrected chi connectivity index (χ3v) is 6.59. The average Bonchev–Trinajstić information content (AvgIpc) is 3.70. The van der Waals surface area contributed by atoms with Crippen molar-refractivity contribution in [3.8, 4) is 17.1 Å². The van der Waals surface area contributed by atoms with E-state index < -0.39 is 0 Å². The first kappa shape index (κ1) is 22.0. The van der Waals surface area contributed by atoms with Gasteiger partial charge in [0, 0.05) is 38.0 Å². The predicted octanol–water partition coefficient (Wildman–Crippen LogP) is 3.32. The molecule has 2 aliphatic rings. The van der Waals surface area contributed by atoms with Crippen LogP contribution in [0, 0.1) is 5.92 Å². The number of ether oxygens (including phenoxy) is 1. The molecule has 1 saturated carbocycles. The van der Waals surface area contributed by atoms with Gasteiger partial charge in [0.15, 0.2) is 0 Å². The third kappa shape index (κ3) is 4.24. The number of carbonyl (C=O) groups is 2. The van der Waals surface area contributed by atoms with Crippen LogP contribution in [0.2, 0.25) is 0 Å². The maximum Gasteiger partial charge on any atom is 0.324 e. The molecule has 1 fully saturated rings. The lowest BCUT2D eigenvalue weighted by Gasteiger charge is -2.44. The number of hydrogen-bond donors (Lipinski definition) is 1. The summed E-state index contributed by atoms with van der Waals surface area (Å²) in [5.74, 6) is 0.547. The molecule has 1 aliphatic carbocycles. The fourth-order valence-corrected chi connectivity index (χ4v) is 4.78. The largest absolute Gasteiger partial charge is 0.393 e. The molecule has 0 radical (unpaired) electrons. The number of benzene rings is 2. The molecule has 174 valence electrons. The van der Waals surface area contributed by atoms with Gasteiger partial charge in [-0.3, -0.25) is 9.59 Å². The fraction of sp³-hybridized carbons (Fsp3) is 0.308. The Morgan fingerprint density at radius 2 is 1.82 bits per heavy atom. The van der Waals surface area contributed by atoms with E-state index in [0.717, 1.165) is 53.0 Å². The molecule has 0 spiro atoms. The number of hydrogen-bond acceptors (Lipinski definition) is 7. The minimum atomic E-state index is -0.0188. The first-order valence-corrected chi connectivity index (χ1v) is 11.4. The molecule has 1 atom stereocenters. The van der Waals surface area contributed by atoms with Crippen LogP contribution in [-0.4, -0.2) is 40.0 Å². The van der Waals surface area contributed by atoms with Crippen molar-refractivity contribution in [3.05, 3.63) is 66.0 Å². The molecule has 2 heterocycles. The highest BCUT2D eigenvalue weighted by molar-refractivity contribution is 5.98. The van der Waals surface area contributed by atoms with Crippen molar-refractivity contribution in [2.75, 3.05) is 16.3 Å². The second-order valence-electron chi connectivity index (χ2n) is 8.77. The number of carbonyl (C=O) groups excluding carboxylic acids is 2. The standard InChI is InChI=1S/C26H26N4O4/c1-17(33)30-23-9-8-19(22-11-27-26(28-12-22)34-16-32)10-24(23)29(14-25(30)18-6-7-18)13-20-4-2-3-5-21(20)15-31/h2-5,8-12,16,18,25,31H,6-7,13-15H2,1H3/t25-/m1/s1. The summed E-state index contributed by atoms with van der Waals surface area (Å²) in [6.07, 6.45) is 5.49. The molecule has 0 bridgehead atoms. The predicted molar refractivity (Wildman–Crippen MR) is 127 cm³/mol. The number of aliphatic hydroxyl groups is 1. The number of anilines is 2. The van der Waals surface area contributed by atoms with Gasteiger partial charge in [0.1, 0.15) is 0 Å². The topological polar surface area (TPSA) is 95.9 Å². The lowest BCUT2D eigenvalue weighted by molar-refractivity contribution is -0.121. The van der Waals surface area contributed by atoms with E-state index in [0.29, 0.717) is 18.9 Å². The minimum Gasteiger partial charge on any atom is -0.393 e. The molecular formula is C26H26N4O4. The normalized spacial score (nSPS) is 17.3. The molecule has 1 amide bonds. The van der Waals surface area contributed by atoms with Gasteiger partial charge in [-0.15, -0.1) is 0 Å². The SMILES string of the molecule is CC(=O)N1c2ccc(-c3cnc(OC=O)nc3)cc2N(Cc2ccccc2CO)C[C@@H]1C1CC1. The fourth-order valence-electron chi connectivity index (χ4n) is 4.78. The van der Waals surface area contributed by atoms with Gasteiger partial charge in [-0.2, -0.15) is 0 Å². The summed E-state index contributed by atoms with van der Waals surface area (Å²) in [6.45, 7) is 3.26. The summed E-state index contributed by atoms with van der Waals surface area (Å²) in [7, 11) is 0. The molecular weight excluding hydrogens is 432 g/mol. The van der Waals surface area contributed by atoms with Crippen LogP contribution in [0.3, 0.4) is 0 Å². The van der Waals surface area contributed by atoms with E-state index in [4.69, 9.17) is 4.74 Å². The first-order chi connectivity index (χ1) is 16.6. The van der Waals surface area contributed by atoms with Gasteiger partial charge in [-0.25, -0.2) is 9.97 Å². The molecule has 1 N–H and O–H groups in total. The summed E-state index contributed by atoms with van der Waals surface area (Å²) in [5.41, 5.74) is 5.47. The van der Waals surface area contributed by atoms with Crippen LogP contribution in [-0.2, 0) is 22.7 Å². The molecule has 2 aromatic carbocycles. The molecule has 1 aromatic heterocycles. The summed E-state index contributed by atoms with van der Waals surface area (Å²) in [4.78, 5) is 35.7. The molecule has 3 aromatic rings. The van der Waals surface area contributed by atoms with Crippen LogP contribution in [0.4, 0.5) is 11.4 Å². The van der Waals surface area contributed by atoms with Crippen molar-refractivity contribution in [1.29, 1.82) is 0 Å². The number of amides is 1. The van der Waals surface area contributed by atoms with Crippen molar-refractivity contribution in [2.45, 2.75) is 39.0 Å². The van der Waals surface area contributed by atoms with Crippen LogP contribution < -0.4 is 14.5 Å². The molecule has 1 aliphatic heterocycles. The van der Waals surface area contributed by atoms with Gasteiger partial charge in [-0.1, -0.05) is 30.3 Å². The third-order valence-electron chi connectivity index (χ3n) is 6.59. The van der Waals surface area contributed by atoms with E-state index >= 15 is 0 Å². The highest BCUT2D eigenvalue weighted by atomic mass is 16.5. The van der Waals surface area contributed by atoms with Gasteiger partial charge in [0.05, 0.1) is 24.0 Å². The van der Waals surface area contributed by atoms with Crippen LogP contribution in [0.15, 0.2) is 54.9 Å². The Kier molecular flexibility index (Phi) is 5.98. The van der Waals surface area contributed by atoms with E-state index in [9.17, 15) is 14.7 Å². The van der Waals surface area contributed by atoms with Crippen molar-refractivity contribution in [1.82, 2.24) is 9.97 Å². The number of rotatable bonds is 7. The Balaban J connectivity index is 1.57. The van der Waals surface area contributed by atoms with E-state index in [1.54, 1.807) is 19.3 Å².